The minimum absolute atomic E-state index is 0.00103. The second-order valence-corrected chi connectivity index (χ2v) is 9.48. The molecule has 2 atom stereocenters. The summed E-state index contributed by atoms with van der Waals surface area (Å²) in [6, 6.07) is 7.55. The largest absolute Gasteiger partial charge is 0.490 e. The number of benzene rings is 2. The fraction of sp³-hybridized carbons (Fsp3) is 0.333. The first-order chi connectivity index (χ1) is 12.8. The Hall–Kier alpha value is -1.74. The van der Waals surface area contributed by atoms with Gasteiger partial charge in [-0.15, -0.1) is 0 Å². The lowest BCUT2D eigenvalue weighted by molar-refractivity contribution is 0.0690. The maximum Gasteiger partial charge on any atom is 0.188 e. The maximum atomic E-state index is 14.9. The topological polar surface area (TPSA) is 72.6 Å². The van der Waals surface area contributed by atoms with Gasteiger partial charge in [0.2, 0.25) is 0 Å². The van der Waals surface area contributed by atoms with E-state index >= 15 is 0 Å². The predicted molar refractivity (Wildman–Crippen MR) is 96.0 cm³/mol. The molecule has 0 aliphatic carbocycles. The molecule has 5 nitrogen and oxygen atoms in total. The number of piperidine rings is 1. The zero-order valence-corrected chi connectivity index (χ0v) is 15.7. The number of halogens is 3. The first-order valence-corrected chi connectivity index (χ1v) is 10.2. The van der Waals surface area contributed by atoms with E-state index in [-0.39, 0.29) is 42.3 Å². The van der Waals surface area contributed by atoms with Crippen LogP contribution in [0.25, 0.3) is 0 Å². The summed E-state index contributed by atoms with van der Waals surface area (Å²) in [5.74, 6) is 3.30. The number of hydrazine groups is 1. The van der Waals surface area contributed by atoms with Crippen LogP contribution in [-0.2, 0) is 14.6 Å². The number of nitrogens with two attached hydrogens (primary N) is 1. The van der Waals surface area contributed by atoms with Gasteiger partial charge in [-0.3, -0.25) is 5.84 Å². The van der Waals surface area contributed by atoms with Crippen LogP contribution in [0.15, 0.2) is 41.3 Å². The molecule has 2 aliphatic rings. The summed E-state index contributed by atoms with van der Waals surface area (Å²) >= 11 is 5.88. The second kappa shape index (κ2) is 6.41. The highest BCUT2D eigenvalue weighted by Gasteiger charge is 2.59. The maximum absolute atomic E-state index is 14.9. The summed E-state index contributed by atoms with van der Waals surface area (Å²) in [5, 5.41) is 1.86. The molecule has 9 heteroatoms. The molecule has 2 aliphatic heterocycles. The molecule has 0 spiro atoms. The lowest BCUT2D eigenvalue weighted by Crippen LogP contribution is -2.59. The fourth-order valence-corrected chi connectivity index (χ4v) is 6.56. The van der Waals surface area contributed by atoms with Crippen LogP contribution >= 0.6 is 11.6 Å². The number of nitrogens with zero attached hydrogens (tertiary/aromatic N) is 1. The lowest BCUT2D eigenvalue weighted by Gasteiger charge is -2.49. The molecule has 2 aromatic carbocycles. The first-order valence-electron chi connectivity index (χ1n) is 8.38. The smallest absolute Gasteiger partial charge is 0.188 e. The molecule has 27 heavy (non-hydrogen) atoms. The molecule has 4 rings (SSSR count). The Morgan fingerprint density at radius 1 is 1.15 bits per heavy atom. The molecule has 2 heterocycles. The van der Waals surface area contributed by atoms with Crippen molar-refractivity contribution in [2.75, 3.05) is 19.7 Å². The van der Waals surface area contributed by atoms with E-state index in [9.17, 15) is 17.2 Å². The average molecular weight is 415 g/mol. The molecule has 0 radical (unpaired) electrons. The van der Waals surface area contributed by atoms with Crippen LogP contribution in [0.3, 0.4) is 0 Å². The molecule has 0 bridgehead atoms. The molecule has 2 aromatic rings. The average Bonchev–Trinajstić information content (AvgIpc) is 2.64. The Morgan fingerprint density at radius 3 is 2.52 bits per heavy atom. The van der Waals surface area contributed by atoms with Crippen molar-refractivity contribution >= 4 is 21.4 Å². The van der Waals surface area contributed by atoms with Gasteiger partial charge in [-0.25, -0.2) is 22.2 Å². The molecule has 2 N–H and O–H groups in total. The van der Waals surface area contributed by atoms with Gasteiger partial charge in [-0.05, 0) is 42.8 Å². The fourth-order valence-electron chi connectivity index (χ4n) is 4.12. The van der Waals surface area contributed by atoms with Crippen molar-refractivity contribution in [1.29, 1.82) is 0 Å². The third-order valence-corrected chi connectivity index (χ3v) is 8.24. The van der Waals surface area contributed by atoms with Crippen LogP contribution in [0.2, 0.25) is 5.02 Å². The van der Waals surface area contributed by atoms with E-state index in [1.165, 1.54) is 29.3 Å². The summed E-state index contributed by atoms with van der Waals surface area (Å²) in [6.45, 7) is 0.328. The molecule has 144 valence electrons. The third-order valence-electron chi connectivity index (χ3n) is 5.40. The Morgan fingerprint density at radius 2 is 1.81 bits per heavy atom. The van der Waals surface area contributed by atoms with Gasteiger partial charge in [0.25, 0.3) is 0 Å². The lowest BCUT2D eigenvalue weighted by atomic mass is 9.78. The highest BCUT2D eigenvalue weighted by atomic mass is 35.5. The normalized spacial score (nSPS) is 25.4. The minimum atomic E-state index is -4.10. The van der Waals surface area contributed by atoms with E-state index in [2.05, 4.69) is 0 Å². The Kier molecular flexibility index (Phi) is 4.42. The van der Waals surface area contributed by atoms with E-state index in [4.69, 9.17) is 22.2 Å². The van der Waals surface area contributed by atoms with Gasteiger partial charge in [0.05, 0.1) is 17.1 Å². The van der Waals surface area contributed by atoms with Crippen molar-refractivity contribution < 1.29 is 21.9 Å². The standard InChI is InChI=1S/C18H17ClF2N2O3S/c19-12-1-3-13(4-2-12)27(24,25)18-7-8-23(22)9-11(18)10-26-17-15(21)6-5-14(20)16(17)18/h1-6,11H,7-10,22H2. The van der Waals surface area contributed by atoms with Crippen LogP contribution in [0.1, 0.15) is 12.0 Å². The van der Waals surface area contributed by atoms with Crippen LogP contribution in [-0.4, -0.2) is 33.1 Å². The van der Waals surface area contributed by atoms with Crippen molar-refractivity contribution in [3.05, 3.63) is 58.6 Å². The molecule has 1 saturated heterocycles. The van der Waals surface area contributed by atoms with Gasteiger partial charge in [-0.2, -0.15) is 0 Å². The van der Waals surface area contributed by atoms with Crippen molar-refractivity contribution in [2.24, 2.45) is 11.8 Å². The summed E-state index contributed by atoms with van der Waals surface area (Å²) < 4.78 is 60.5. The third kappa shape index (κ3) is 2.66. The summed E-state index contributed by atoms with van der Waals surface area (Å²) in [6.07, 6.45) is 0.0237. The SMILES string of the molecule is NN1CCC2(S(=O)(=O)c3ccc(Cl)cc3)c3c(F)ccc(F)c3OCC2C1. The zero-order chi connectivity index (χ0) is 19.4. The van der Waals surface area contributed by atoms with Crippen molar-refractivity contribution in [1.82, 2.24) is 5.01 Å². The molecule has 0 aromatic heterocycles. The van der Waals surface area contributed by atoms with Crippen molar-refractivity contribution in [3.63, 3.8) is 0 Å². The number of sulfone groups is 1. The predicted octanol–water partition coefficient (Wildman–Crippen LogP) is 2.88. The Labute approximate surface area is 160 Å². The van der Waals surface area contributed by atoms with Crippen molar-refractivity contribution in [3.8, 4) is 5.75 Å². The van der Waals surface area contributed by atoms with Crippen molar-refractivity contribution in [2.45, 2.75) is 16.1 Å². The van der Waals surface area contributed by atoms with Gasteiger partial charge in [0, 0.05) is 24.0 Å². The summed E-state index contributed by atoms with van der Waals surface area (Å²) in [7, 11) is -4.10. The van der Waals surface area contributed by atoms with E-state index in [0.29, 0.717) is 5.02 Å². The first kappa shape index (κ1) is 18.6. The van der Waals surface area contributed by atoms with Gasteiger partial charge < -0.3 is 4.74 Å². The number of hydrogen-bond acceptors (Lipinski definition) is 5. The van der Waals surface area contributed by atoms with Gasteiger partial charge in [-0.1, -0.05) is 11.6 Å². The number of ether oxygens (including phenoxy) is 1. The molecule has 1 fully saturated rings. The van der Waals surface area contributed by atoms with Crippen LogP contribution in [0.4, 0.5) is 8.78 Å². The second-order valence-electron chi connectivity index (χ2n) is 6.83. The van der Waals surface area contributed by atoms with E-state index in [1.807, 2.05) is 0 Å². The van der Waals surface area contributed by atoms with Crippen LogP contribution < -0.4 is 10.6 Å². The number of fused-ring (bicyclic) bond motifs is 3. The van der Waals surface area contributed by atoms with Gasteiger partial charge in [0.15, 0.2) is 21.4 Å². The number of hydrogen-bond donors (Lipinski definition) is 1. The molecular weight excluding hydrogens is 398 g/mol. The minimum Gasteiger partial charge on any atom is -0.490 e. The quantitative estimate of drug-likeness (QED) is 0.765. The van der Waals surface area contributed by atoms with E-state index in [1.54, 1.807) is 0 Å². The van der Waals surface area contributed by atoms with Crippen LogP contribution in [0.5, 0.6) is 5.75 Å². The molecule has 2 unspecified atom stereocenters. The van der Waals surface area contributed by atoms with E-state index in [0.717, 1.165) is 12.1 Å². The molecule has 0 amide bonds. The molecular formula is C18H17ClF2N2O3S. The summed E-state index contributed by atoms with van der Waals surface area (Å²) in [5.41, 5.74) is -0.248. The molecule has 0 saturated carbocycles. The Bertz CT molecular complexity index is 1000. The monoisotopic (exact) mass is 414 g/mol. The van der Waals surface area contributed by atoms with Gasteiger partial charge >= 0.3 is 0 Å². The van der Waals surface area contributed by atoms with E-state index < -0.39 is 32.1 Å². The van der Waals surface area contributed by atoms with Gasteiger partial charge in [0.1, 0.15) is 10.6 Å². The Balaban J connectivity index is 2.02. The van der Waals surface area contributed by atoms with Crippen LogP contribution in [0, 0.1) is 17.6 Å². The number of rotatable bonds is 2. The zero-order valence-electron chi connectivity index (χ0n) is 14.2. The highest BCUT2D eigenvalue weighted by molar-refractivity contribution is 7.92. The highest BCUT2D eigenvalue weighted by Crippen LogP contribution is 2.54. The summed E-state index contributed by atoms with van der Waals surface area (Å²) in [4.78, 5) is -0.00103.